The lowest BCUT2D eigenvalue weighted by Crippen LogP contribution is -2.40. The Morgan fingerprint density at radius 1 is 1.11 bits per heavy atom. The van der Waals surface area contributed by atoms with E-state index in [0.717, 1.165) is 10.5 Å². The minimum absolute atomic E-state index is 0.0747. The van der Waals surface area contributed by atoms with Gasteiger partial charge in [0.2, 0.25) is 0 Å². The number of aryl methyl sites for hydroxylation is 2. The fourth-order valence-electron chi connectivity index (χ4n) is 2.45. The molecule has 0 spiro atoms. The van der Waals surface area contributed by atoms with Crippen LogP contribution in [-0.2, 0) is 14.8 Å². The van der Waals surface area contributed by atoms with E-state index in [2.05, 4.69) is 4.72 Å². The largest absolute Gasteiger partial charge is 0.480 e. The molecule has 0 heterocycles. The predicted molar refractivity (Wildman–Crippen MR) is 102 cm³/mol. The van der Waals surface area contributed by atoms with Gasteiger partial charge >= 0.3 is 5.97 Å². The van der Waals surface area contributed by atoms with Crippen LogP contribution in [0.5, 0.6) is 0 Å². The van der Waals surface area contributed by atoms with Gasteiger partial charge in [0.05, 0.1) is 4.90 Å². The number of amides is 1. The fraction of sp³-hybridized carbons (Fsp3) is 0.263. The molecule has 0 aliphatic carbocycles. The van der Waals surface area contributed by atoms with Crippen LogP contribution in [0.4, 0.5) is 5.69 Å². The van der Waals surface area contributed by atoms with E-state index in [4.69, 9.17) is 5.11 Å². The second kappa shape index (κ2) is 7.79. The van der Waals surface area contributed by atoms with E-state index in [1.54, 1.807) is 25.1 Å². The third-order valence-electron chi connectivity index (χ3n) is 4.28. The zero-order valence-corrected chi connectivity index (χ0v) is 16.4. The number of rotatable bonds is 6. The van der Waals surface area contributed by atoms with Crippen LogP contribution in [0.15, 0.2) is 47.4 Å². The summed E-state index contributed by atoms with van der Waals surface area (Å²) in [5.74, 6) is -1.71. The maximum atomic E-state index is 12.7. The van der Waals surface area contributed by atoms with Crippen molar-refractivity contribution in [2.75, 3.05) is 11.8 Å². The van der Waals surface area contributed by atoms with E-state index in [9.17, 15) is 18.0 Å². The van der Waals surface area contributed by atoms with Crippen molar-refractivity contribution in [3.63, 3.8) is 0 Å². The molecular weight excluding hydrogens is 368 g/mol. The molecule has 2 aromatic rings. The minimum atomic E-state index is -3.90. The number of carboxylic acid groups (broad SMARTS) is 1. The predicted octanol–water partition coefficient (Wildman–Crippen LogP) is 2.65. The van der Waals surface area contributed by atoms with Gasteiger partial charge in [-0.25, -0.2) is 13.2 Å². The molecule has 2 aromatic carbocycles. The minimum Gasteiger partial charge on any atom is -0.480 e. The number of nitrogens with zero attached hydrogens (tertiary/aromatic N) is 1. The average Bonchev–Trinajstić information content (AvgIpc) is 2.59. The van der Waals surface area contributed by atoms with Gasteiger partial charge < -0.3 is 10.0 Å². The van der Waals surface area contributed by atoms with E-state index in [-0.39, 0.29) is 10.5 Å². The molecule has 1 amide bonds. The summed E-state index contributed by atoms with van der Waals surface area (Å²) in [5, 5.41) is 9.09. The maximum Gasteiger partial charge on any atom is 0.326 e. The number of hydrogen-bond acceptors (Lipinski definition) is 4. The number of anilines is 1. The number of carboxylic acids is 1. The lowest BCUT2D eigenvalue weighted by atomic mass is 10.1. The van der Waals surface area contributed by atoms with Crippen LogP contribution >= 0.6 is 0 Å². The highest BCUT2D eigenvalue weighted by molar-refractivity contribution is 7.92. The van der Waals surface area contributed by atoms with Gasteiger partial charge in [0, 0.05) is 18.3 Å². The Morgan fingerprint density at radius 2 is 1.78 bits per heavy atom. The van der Waals surface area contributed by atoms with E-state index in [0.29, 0.717) is 11.3 Å². The third-order valence-corrected chi connectivity index (χ3v) is 5.66. The highest BCUT2D eigenvalue weighted by Gasteiger charge is 2.25. The molecular formula is C19H22N2O5S. The van der Waals surface area contributed by atoms with Crippen molar-refractivity contribution in [2.45, 2.75) is 31.7 Å². The molecule has 7 nitrogen and oxygen atoms in total. The third kappa shape index (κ3) is 4.65. The molecule has 144 valence electrons. The van der Waals surface area contributed by atoms with Crippen LogP contribution in [0.25, 0.3) is 0 Å². The Balaban J connectivity index is 2.38. The first-order chi connectivity index (χ1) is 12.5. The summed E-state index contributed by atoms with van der Waals surface area (Å²) in [7, 11) is -2.53. The lowest BCUT2D eigenvalue weighted by molar-refractivity contribution is -0.141. The second-order valence-electron chi connectivity index (χ2n) is 6.38. The van der Waals surface area contributed by atoms with Crippen LogP contribution in [0.2, 0.25) is 0 Å². The molecule has 0 aliphatic rings. The van der Waals surface area contributed by atoms with Crippen molar-refractivity contribution < 1.29 is 23.1 Å². The molecule has 2 rings (SSSR count). The zero-order valence-electron chi connectivity index (χ0n) is 15.6. The number of benzene rings is 2. The number of aliphatic carboxylic acids is 1. The Kier molecular flexibility index (Phi) is 5.90. The van der Waals surface area contributed by atoms with Crippen LogP contribution < -0.4 is 4.72 Å². The summed E-state index contributed by atoms with van der Waals surface area (Å²) in [6.45, 7) is 4.90. The zero-order chi connectivity index (χ0) is 20.4. The highest BCUT2D eigenvalue weighted by atomic mass is 32.2. The fourth-order valence-corrected chi connectivity index (χ4v) is 3.53. The number of carbonyl (C=O) groups excluding carboxylic acids is 1. The van der Waals surface area contributed by atoms with Crippen molar-refractivity contribution in [1.29, 1.82) is 0 Å². The summed E-state index contributed by atoms with van der Waals surface area (Å²) in [6, 6.07) is 10.1. The van der Waals surface area contributed by atoms with Crippen molar-refractivity contribution in [3.8, 4) is 0 Å². The standard InChI is InChI=1S/C19H22N2O5S/c1-12-6-5-7-15(10-12)20-27(25,26)16-9-8-13(2)17(11-16)18(22)21(4)14(3)19(23)24/h5-11,14,20H,1-4H3,(H,23,24). The number of hydrogen-bond donors (Lipinski definition) is 2. The SMILES string of the molecule is Cc1cccc(NS(=O)(=O)c2ccc(C)c(C(=O)N(C)C(C)C(=O)O)c2)c1. The molecule has 27 heavy (non-hydrogen) atoms. The molecule has 0 saturated heterocycles. The number of carbonyl (C=O) groups is 2. The van der Waals surface area contributed by atoms with Crippen LogP contribution in [0.1, 0.15) is 28.4 Å². The Hall–Kier alpha value is -2.87. The molecule has 8 heteroatoms. The quantitative estimate of drug-likeness (QED) is 0.789. The topological polar surface area (TPSA) is 104 Å². The summed E-state index contributed by atoms with van der Waals surface area (Å²) in [6.07, 6.45) is 0. The first-order valence-corrected chi connectivity index (χ1v) is 9.71. The van der Waals surface area contributed by atoms with Gasteiger partial charge in [-0.05, 0) is 56.2 Å². The van der Waals surface area contributed by atoms with Gasteiger partial charge in [-0.2, -0.15) is 0 Å². The maximum absolute atomic E-state index is 12.7. The Bertz CT molecular complexity index is 985. The second-order valence-corrected chi connectivity index (χ2v) is 8.06. The molecule has 1 atom stereocenters. The van der Waals surface area contributed by atoms with Gasteiger partial charge in [-0.3, -0.25) is 9.52 Å². The van der Waals surface area contributed by atoms with E-state index < -0.39 is 27.9 Å². The highest BCUT2D eigenvalue weighted by Crippen LogP contribution is 2.21. The average molecular weight is 390 g/mol. The van der Waals surface area contributed by atoms with Gasteiger partial charge in [0.1, 0.15) is 6.04 Å². The molecule has 0 aliphatic heterocycles. The molecule has 0 bridgehead atoms. The van der Waals surface area contributed by atoms with Crippen molar-refractivity contribution >= 4 is 27.6 Å². The van der Waals surface area contributed by atoms with E-state index in [1.165, 1.54) is 32.2 Å². The van der Waals surface area contributed by atoms with Crippen LogP contribution in [-0.4, -0.2) is 43.4 Å². The normalized spacial score (nSPS) is 12.3. The molecule has 2 N–H and O–H groups in total. The molecule has 0 radical (unpaired) electrons. The summed E-state index contributed by atoms with van der Waals surface area (Å²) in [5.41, 5.74) is 2.01. The van der Waals surface area contributed by atoms with E-state index >= 15 is 0 Å². The molecule has 0 fully saturated rings. The smallest absolute Gasteiger partial charge is 0.326 e. The Labute approximate surface area is 158 Å². The van der Waals surface area contributed by atoms with Crippen molar-refractivity contribution in [1.82, 2.24) is 4.90 Å². The lowest BCUT2D eigenvalue weighted by Gasteiger charge is -2.22. The number of nitrogens with one attached hydrogen (secondary N) is 1. The summed E-state index contributed by atoms with van der Waals surface area (Å²) >= 11 is 0. The van der Waals surface area contributed by atoms with E-state index in [1.807, 2.05) is 13.0 Å². The van der Waals surface area contributed by atoms with Crippen molar-refractivity contribution in [3.05, 3.63) is 59.2 Å². The van der Waals surface area contributed by atoms with Gasteiger partial charge in [-0.1, -0.05) is 18.2 Å². The summed E-state index contributed by atoms with van der Waals surface area (Å²) in [4.78, 5) is 24.7. The monoisotopic (exact) mass is 390 g/mol. The molecule has 0 aromatic heterocycles. The molecule has 1 unspecified atom stereocenters. The first kappa shape index (κ1) is 20.4. The van der Waals surface area contributed by atoms with Crippen molar-refractivity contribution in [2.24, 2.45) is 0 Å². The number of sulfonamides is 1. The Morgan fingerprint density at radius 3 is 2.37 bits per heavy atom. The van der Waals surface area contributed by atoms with Crippen LogP contribution in [0, 0.1) is 13.8 Å². The van der Waals surface area contributed by atoms with Gasteiger partial charge in [0.25, 0.3) is 15.9 Å². The van der Waals surface area contributed by atoms with Gasteiger partial charge in [0.15, 0.2) is 0 Å². The molecule has 0 saturated carbocycles. The van der Waals surface area contributed by atoms with Crippen LogP contribution in [0.3, 0.4) is 0 Å². The van der Waals surface area contributed by atoms with Gasteiger partial charge in [-0.15, -0.1) is 0 Å². The summed E-state index contributed by atoms with van der Waals surface area (Å²) < 4.78 is 27.8. The first-order valence-electron chi connectivity index (χ1n) is 8.23. The number of likely N-dealkylation sites (N-methyl/N-ethyl adjacent to an activating group) is 1.